The summed E-state index contributed by atoms with van der Waals surface area (Å²) >= 11 is 3.59. The van der Waals surface area contributed by atoms with Crippen LogP contribution in [0.3, 0.4) is 0 Å². The van der Waals surface area contributed by atoms with Crippen molar-refractivity contribution in [1.29, 1.82) is 0 Å². The van der Waals surface area contributed by atoms with Crippen LogP contribution in [0.1, 0.15) is 49.9 Å². The molecule has 196 valence electrons. The Kier molecular flexibility index (Phi) is 9.93. The molecule has 5 nitrogen and oxygen atoms in total. The largest absolute Gasteiger partial charge is 0.483 e. The molecule has 2 amide bonds. The zero-order valence-corrected chi connectivity index (χ0v) is 24.0. The van der Waals surface area contributed by atoms with Crippen molar-refractivity contribution in [2.24, 2.45) is 0 Å². The van der Waals surface area contributed by atoms with Crippen LogP contribution in [-0.2, 0) is 28.0 Å². The van der Waals surface area contributed by atoms with E-state index in [-0.39, 0.29) is 23.8 Å². The van der Waals surface area contributed by atoms with E-state index in [0.717, 1.165) is 21.2 Å². The molecule has 0 aliphatic heterocycles. The molecule has 0 radical (unpaired) electrons. The lowest BCUT2D eigenvalue weighted by Crippen LogP contribution is -2.51. The monoisotopic (exact) mass is 564 g/mol. The van der Waals surface area contributed by atoms with Gasteiger partial charge in [0.2, 0.25) is 5.91 Å². The summed E-state index contributed by atoms with van der Waals surface area (Å²) in [6, 6.07) is 23.0. The minimum Gasteiger partial charge on any atom is -0.483 e. The number of rotatable bonds is 10. The zero-order chi connectivity index (χ0) is 27.0. The fourth-order valence-electron chi connectivity index (χ4n) is 4.12. The van der Waals surface area contributed by atoms with Gasteiger partial charge in [0.05, 0.1) is 4.47 Å². The first-order chi connectivity index (χ1) is 17.6. The van der Waals surface area contributed by atoms with E-state index >= 15 is 0 Å². The molecule has 6 heteroatoms. The van der Waals surface area contributed by atoms with E-state index in [1.165, 1.54) is 5.56 Å². The molecular weight excluding hydrogens is 528 g/mol. The maximum atomic E-state index is 13.7. The highest BCUT2D eigenvalue weighted by atomic mass is 79.9. The number of hydrogen-bond donors (Lipinski definition) is 1. The van der Waals surface area contributed by atoms with Crippen molar-refractivity contribution in [3.8, 4) is 5.75 Å². The number of nitrogens with zero attached hydrogens (tertiary/aromatic N) is 1. The van der Waals surface area contributed by atoms with Crippen molar-refractivity contribution < 1.29 is 14.3 Å². The Morgan fingerprint density at radius 2 is 1.68 bits per heavy atom. The summed E-state index contributed by atoms with van der Waals surface area (Å²) in [7, 11) is 0. The fourth-order valence-corrected chi connectivity index (χ4v) is 4.62. The first-order valence-corrected chi connectivity index (χ1v) is 13.5. The molecule has 0 aliphatic rings. The van der Waals surface area contributed by atoms with Crippen molar-refractivity contribution in [3.63, 3.8) is 0 Å². The summed E-state index contributed by atoms with van der Waals surface area (Å²) in [5.74, 6) is 0.168. The van der Waals surface area contributed by atoms with Gasteiger partial charge in [0, 0.05) is 19.5 Å². The second kappa shape index (κ2) is 12.9. The lowest BCUT2D eigenvalue weighted by molar-refractivity contribution is -0.142. The lowest BCUT2D eigenvalue weighted by Gasteiger charge is -2.32. The molecule has 0 aliphatic carbocycles. The van der Waals surface area contributed by atoms with Crippen LogP contribution in [0.15, 0.2) is 77.3 Å². The van der Waals surface area contributed by atoms with Gasteiger partial charge in [0.1, 0.15) is 11.8 Å². The van der Waals surface area contributed by atoms with Gasteiger partial charge in [-0.25, -0.2) is 0 Å². The SMILES string of the molecule is CCNC(=O)C(Cc1ccccc1)N(Cc1ccccc1C)C(=O)COc1ccc(C(C)(C)C)cc1Br. The standard InChI is InChI=1S/C31H37BrN2O3/c1-6-33-30(36)27(18-23-13-8-7-9-14-23)34(20-24-15-11-10-12-22(24)2)29(35)21-37-28-17-16-25(19-26(28)32)31(3,4)5/h7-17,19,27H,6,18,20-21H2,1-5H3,(H,33,36). The van der Waals surface area contributed by atoms with Gasteiger partial charge in [-0.2, -0.15) is 0 Å². The van der Waals surface area contributed by atoms with Crippen molar-refractivity contribution in [2.75, 3.05) is 13.2 Å². The van der Waals surface area contributed by atoms with Crippen molar-refractivity contribution in [2.45, 2.75) is 59.0 Å². The van der Waals surface area contributed by atoms with E-state index in [1.54, 1.807) is 4.90 Å². The summed E-state index contributed by atoms with van der Waals surface area (Å²) in [5, 5.41) is 2.92. The van der Waals surface area contributed by atoms with Crippen LogP contribution < -0.4 is 10.1 Å². The summed E-state index contributed by atoms with van der Waals surface area (Å²) in [6.07, 6.45) is 0.411. The van der Waals surface area contributed by atoms with Gasteiger partial charge in [-0.15, -0.1) is 0 Å². The predicted molar refractivity (Wildman–Crippen MR) is 153 cm³/mol. The second-order valence-electron chi connectivity index (χ2n) is 10.2. The molecule has 0 saturated heterocycles. The average Bonchev–Trinajstić information content (AvgIpc) is 2.86. The number of benzene rings is 3. The average molecular weight is 566 g/mol. The third-order valence-electron chi connectivity index (χ3n) is 6.37. The molecule has 0 bridgehead atoms. The van der Waals surface area contributed by atoms with Crippen LogP contribution in [0, 0.1) is 6.92 Å². The molecule has 3 aromatic carbocycles. The Bertz CT molecular complexity index is 1200. The molecule has 0 heterocycles. The van der Waals surface area contributed by atoms with E-state index in [4.69, 9.17) is 4.74 Å². The Hall–Kier alpha value is -3.12. The summed E-state index contributed by atoms with van der Waals surface area (Å²) in [6.45, 7) is 11.0. The highest BCUT2D eigenvalue weighted by molar-refractivity contribution is 9.10. The van der Waals surface area contributed by atoms with Crippen LogP contribution in [0.4, 0.5) is 0 Å². The van der Waals surface area contributed by atoms with Gasteiger partial charge < -0.3 is 15.0 Å². The number of likely N-dealkylation sites (N-methyl/N-ethyl adjacent to an activating group) is 1. The van der Waals surface area contributed by atoms with E-state index in [0.29, 0.717) is 25.3 Å². The maximum Gasteiger partial charge on any atom is 0.261 e. The smallest absolute Gasteiger partial charge is 0.261 e. The van der Waals surface area contributed by atoms with Crippen LogP contribution in [0.2, 0.25) is 0 Å². The Morgan fingerprint density at radius 3 is 2.30 bits per heavy atom. The quantitative estimate of drug-likeness (QED) is 0.318. The first kappa shape index (κ1) is 28.5. The Morgan fingerprint density at radius 1 is 1.00 bits per heavy atom. The first-order valence-electron chi connectivity index (χ1n) is 12.7. The molecule has 1 N–H and O–H groups in total. The molecule has 1 atom stereocenters. The van der Waals surface area contributed by atoms with Gasteiger partial charge in [0.15, 0.2) is 6.61 Å². The molecule has 3 rings (SSSR count). The number of ether oxygens (including phenoxy) is 1. The van der Waals surface area contributed by atoms with Crippen molar-refractivity contribution >= 4 is 27.7 Å². The van der Waals surface area contributed by atoms with Gasteiger partial charge >= 0.3 is 0 Å². The molecule has 0 spiro atoms. The van der Waals surface area contributed by atoms with E-state index < -0.39 is 6.04 Å². The molecule has 1 unspecified atom stereocenters. The minimum atomic E-state index is -0.676. The van der Waals surface area contributed by atoms with Crippen molar-refractivity contribution in [3.05, 3.63) is 99.5 Å². The number of halogens is 1. The van der Waals surface area contributed by atoms with E-state index in [1.807, 2.05) is 86.6 Å². The van der Waals surface area contributed by atoms with Crippen LogP contribution >= 0.6 is 15.9 Å². The predicted octanol–water partition coefficient (Wildman–Crippen LogP) is 6.21. The number of carbonyl (C=O) groups excluding carboxylic acids is 2. The molecule has 0 aromatic heterocycles. The minimum absolute atomic E-state index is 0.00148. The van der Waals surface area contributed by atoms with Gasteiger partial charge in [-0.1, -0.05) is 81.4 Å². The van der Waals surface area contributed by atoms with E-state index in [9.17, 15) is 9.59 Å². The van der Waals surface area contributed by atoms with Gasteiger partial charge in [-0.05, 0) is 69.6 Å². The topological polar surface area (TPSA) is 58.6 Å². The second-order valence-corrected chi connectivity index (χ2v) is 11.1. The summed E-state index contributed by atoms with van der Waals surface area (Å²) in [5.41, 5.74) is 4.21. The number of aryl methyl sites for hydroxylation is 1. The molecular formula is C31H37BrN2O3. The number of carbonyl (C=O) groups is 2. The molecule has 3 aromatic rings. The molecule has 0 fully saturated rings. The molecule has 0 saturated carbocycles. The zero-order valence-electron chi connectivity index (χ0n) is 22.4. The van der Waals surface area contributed by atoms with Crippen LogP contribution in [0.5, 0.6) is 5.75 Å². The fraction of sp³-hybridized carbons (Fsp3) is 0.355. The molecule has 37 heavy (non-hydrogen) atoms. The van der Waals surface area contributed by atoms with Crippen LogP contribution in [-0.4, -0.2) is 35.9 Å². The Balaban J connectivity index is 1.90. The highest BCUT2D eigenvalue weighted by Crippen LogP contribution is 2.31. The van der Waals surface area contributed by atoms with Crippen LogP contribution in [0.25, 0.3) is 0 Å². The van der Waals surface area contributed by atoms with Gasteiger partial charge in [0.25, 0.3) is 5.91 Å². The van der Waals surface area contributed by atoms with E-state index in [2.05, 4.69) is 42.0 Å². The highest BCUT2D eigenvalue weighted by Gasteiger charge is 2.31. The summed E-state index contributed by atoms with van der Waals surface area (Å²) < 4.78 is 6.78. The van der Waals surface area contributed by atoms with Gasteiger partial charge in [-0.3, -0.25) is 9.59 Å². The maximum absolute atomic E-state index is 13.7. The normalized spacial score (nSPS) is 12.1. The Labute approximate surface area is 229 Å². The summed E-state index contributed by atoms with van der Waals surface area (Å²) in [4.78, 5) is 28.6. The third kappa shape index (κ3) is 7.93. The lowest BCUT2D eigenvalue weighted by atomic mass is 9.87. The number of hydrogen-bond acceptors (Lipinski definition) is 3. The number of amides is 2. The third-order valence-corrected chi connectivity index (χ3v) is 6.99. The number of nitrogens with one attached hydrogen (secondary N) is 1. The van der Waals surface area contributed by atoms with Crippen molar-refractivity contribution in [1.82, 2.24) is 10.2 Å².